The van der Waals surface area contributed by atoms with Crippen molar-refractivity contribution >= 4 is 0 Å². The molecule has 3 heteroatoms. The molecule has 1 aliphatic rings. The zero-order valence-corrected chi connectivity index (χ0v) is 11.6. The minimum Gasteiger partial charge on any atom is -0.491 e. The smallest absolute Gasteiger partial charge is 0.137 e. The largest absolute Gasteiger partial charge is 0.491 e. The van der Waals surface area contributed by atoms with Crippen LogP contribution >= 0.6 is 0 Å². The van der Waals surface area contributed by atoms with Gasteiger partial charge in [-0.1, -0.05) is 37.5 Å². The monoisotopic (exact) mass is 264 g/mol. The van der Waals surface area contributed by atoms with Gasteiger partial charge in [-0.25, -0.2) is 0 Å². The maximum Gasteiger partial charge on any atom is 0.137 e. The molecule has 2 rings (SSSR count). The Bertz CT molecular complexity index is 336. The first-order valence-electron chi connectivity index (χ1n) is 7.52. The van der Waals surface area contributed by atoms with Crippen molar-refractivity contribution in [1.82, 2.24) is 0 Å². The molecular formula is C16H26NO2+. The molecule has 1 atom stereocenters. The van der Waals surface area contributed by atoms with Crippen molar-refractivity contribution in [3.05, 3.63) is 30.3 Å². The van der Waals surface area contributed by atoms with Crippen LogP contribution in [0.3, 0.4) is 0 Å². The quantitative estimate of drug-likeness (QED) is 0.785. The molecule has 0 radical (unpaired) electrons. The highest BCUT2D eigenvalue weighted by molar-refractivity contribution is 5.20. The summed E-state index contributed by atoms with van der Waals surface area (Å²) in [7, 11) is 0. The van der Waals surface area contributed by atoms with E-state index in [9.17, 15) is 5.11 Å². The second-order valence-electron chi connectivity index (χ2n) is 5.54. The van der Waals surface area contributed by atoms with E-state index in [0.717, 1.165) is 24.8 Å². The van der Waals surface area contributed by atoms with E-state index in [-0.39, 0.29) is 6.10 Å². The molecule has 1 aromatic rings. The van der Waals surface area contributed by atoms with E-state index in [1.54, 1.807) is 0 Å². The summed E-state index contributed by atoms with van der Waals surface area (Å²) in [6, 6.07) is 9.67. The highest BCUT2D eigenvalue weighted by Crippen LogP contribution is 2.21. The van der Waals surface area contributed by atoms with Crippen LogP contribution in [0.1, 0.15) is 32.1 Å². The number of quaternary nitrogens is 1. The van der Waals surface area contributed by atoms with Crippen LogP contribution in [0, 0.1) is 5.92 Å². The molecule has 1 fully saturated rings. The highest BCUT2D eigenvalue weighted by atomic mass is 16.5. The fourth-order valence-corrected chi connectivity index (χ4v) is 2.72. The van der Waals surface area contributed by atoms with Crippen molar-refractivity contribution in [1.29, 1.82) is 0 Å². The number of hydrogen-bond acceptors (Lipinski definition) is 2. The van der Waals surface area contributed by atoms with Crippen molar-refractivity contribution in [2.45, 2.75) is 38.2 Å². The van der Waals surface area contributed by atoms with Crippen LogP contribution in [0.4, 0.5) is 0 Å². The number of nitrogens with two attached hydrogens (primary N) is 1. The maximum atomic E-state index is 9.88. The molecule has 0 heterocycles. The molecular weight excluding hydrogens is 238 g/mol. The zero-order chi connectivity index (χ0) is 13.3. The lowest BCUT2D eigenvalue weighted by atomic mass is 9.89. The van der Waals surface area contributed by atoms with Gasteiger partial charge in [0.1, 0.15) is 25.0 Å². The first-order chi connectivity index (χ1) is 9.34. The van der Waals surface area contributed by atoms with Gasteiger partial charge in [0, 0.05) is 5.92 Å². The lowest BCUT2D eigenvalue weighted by Gasteiger charge is -2.20. The second-order valence-corrected chi connectivity index (χ2v) is 5.54. The van der Waals surface area contributed by atoms with E-state index >= 15 is 0 Å². The van der Waals surface area contributed by atoms with Gasteiger partial charge < -0.3 is 15.2 Å². The van der Waals surface area contributed by atoms with Gasteiger partial charge in [-0.2, -0.15) is 0 Å². The van der Waals surface area contributed by atoms with Gasteiger partial charge in [0.2, 0.25) is 0 Å². The summed E-state index contributed by atoms with van der Waals surface area (Å²) in [6.07, 6.45) is 6.53. The molecule has 0 aromatic heterocycles. The summed E-state index contributed by atoms with van der Waals surface area (Å²) in [6.45, 7) is 2.27. The van der Waals surface area contributed by atoms with Crippen LogP contribution in [0.25, 0.3) is 0 Å². The van der Waals surface area contributed by atoms with Gasteiger partial charge in [0.05, 0.1) is 6.54 Å². The molecule has 3 nitrogen and oxygen atoms in total. The summed E-state index contributed by atoms with van der Waals surface area (Å²) in [5, 5.41) is 12.1. The zero-order valence-electron chi connectivity index (χ0n) is 11.6. The van der Waals surface area contributed by atoms with E-state index in [1.807, 2.05) is 30.3 Å². The molecule has 0 bridgehead atoms. The van der Waals surface area contributed by atoms with Gasteiger partial charge in [-0.05, 0) is 25.0 Å². The van der Waals surface area contributed by atoms with Crippen LogP contribution in [-0.2, 0) is 0 Å². The van der Waals surface area contributed by atoms with Gasteiger partial charge in [-0.15, -0.1) is 0 Å². The fraction of sp³-hybridized carbons (Fsp3) is 0.625. The van der Waals surface area contributed by atoms with E-state index in [4.69, 9.17) is 4.74 Å². The number of benzene rings is 1. The fourth-order valence-electron chi connectivity index (χ4n) is 2.72. The summed E-state index contributed by atoms with van der Waals surface area (Å²) in [4.78, 5) is 0. The maximum absolute atomic E-state index is 9.88. The normalized spacial score (nSPS) is 18.2. The number of para-hydroxylation sites is 1. The number of hydrogen-bond donors (Lipinski definition) is 2. The number of ether oxygens (including phenoxy) is 1. The average molecular weight is 264 g/mol. The number of aliphatic hydroxyl groups is 1. The third kappa shape index (κ3) is 5.62. The third-order valence-corrected chi connectivity index (χ3v) is 3.85. The molecule has 0 spiro atoms. The minimum atomic E-state index is -0.385. The molecule has 1 saturated carbocycles. The molecule has 19 heavy (non-hydrogen) atoms. The Morgan fingerprint density at radius 2 is 1.89 bits per heavy atom. The van der Waals surface area contributed by atoms with Crippen LogP contribution in [0.5, 0.6) is 5.75 Å². The Morgan fingerprint density at radius 3 is 2.63 bits per heavy atom. The Hall–Kier alpha value is -1.06. The third-order valence-electron chi connectivity index (χ3n) is 3.85. The van der Waals surface area contributed by atoms with Crippen molar-refractivity contribution in [3.63, 3.8) is 0 Å². The van der Waals surface area contributed by atoms with E-state index in [0.29, 0.717) is 6.61 Å². The summed E-state index contributed by atoms with van der Waals surface area (Å²) in [5.74, 6) is 1.69. The molecule has 1 aliphatic carbocycles. The summed E-state index contributed by atoms with van der Waals surface area (Å²) < 4.78 is 5.54. The van der Waals surface area contributed by atoms with Crippen molar-refractivity contribution < 1.29 is 15.2 Å². The van der Waals surface area contributed by atoms with Crippen molar-refractivity contribution in [2.75, 3.05) is 19.7 Å². The second kappa shape index (κ2) is 8.18. The SMILES string of the molecule is O[C@@H](C[NH2+]CC1CCCCC1)COc1ccccc1. The van der Waals surface area contributed by atoms with Crippen LogP contribution < -0.4 is 10.1 Å². The molecule has 0 unspecified atom stereocenters. The predicted molar refractivity (Wildman–Crippen MR) is 76.2 cm³/mol. The van der Waals surface area contributed by atoms with Crippen molar-refractivity contribution in [3.8, 4) is 5.75 Å². The number of rotatable bonds is 7. The average Bonchev–Trinajstić information content (AvgIpc) is 2.47. The van der Waals surface area contributed by atoms with Gasteiger partial charge >= 0.3 is 0 Å². The van der Waals surface area contributed by atoms with Gasteiger partial charge in [0.25, 0.3) is 0 Å². The number of aliphatic hydroxyl groups excluding tert-OH is 1. The molecule has 1 aromatic carbocycles. The minimum absolute atomic E-state index is 0.380. The van der Waals surface area contributed by atoms with Gasteiger partial charge in [0.15, 0.2) is 0 Å². The molecule has 106 valence electrons. The molecule has 3 N–H and O–H groups in total. The van der Waals surface area contributed by atoms with E-state index in [1.165, 1.54) is 32.1 Å². The first kappa shape index (κ1) is 14.4. The molecule has 0 amide bonds. The summed E-state index contributed by atoms with van der Waals surface area (Å²) in [5.41, 5.74) is 0. The van der Waals surface area contributed by atoms with Crippen LogP contribution in [0.2, 0.25) is 0 Å². The van der Waals surface area contributed by atoms with Crippen LogP contribution in [-0.4, -0.2) is 30.9 Å². The Morgan fingerprint density at radius 1 is 1.16 bits per heavy atom. The highest BCUT2D eigenvalue weighted by Gasteiger charge is 2.15. The Kier molecular flexibility index (Phi) is 6.18. The standard InChI is InChI=1S/C16H25NO2/c18-15(13-19-16-9-5-2-6-10-16)12-17-11-14-7-3-1-4-8-14/h2,5-6,9-10,14-15,17-18H,1,3-4,7-8,11-13H2/p+1/t15-/m0/s1. The Labute approximate surface area is 116 Å². The lowest BCUT2D eigenvalue weighted by Crippen LogP contribution is -2.88. The summed E-state index contributed by atoms with van der Waals surface area (Å²) >= 11 is 0. The van der Waals surface area contributed by atoms with E-state index < -0.39 is 0 Å². The topological polar surface area (TPSA) is 46.1 Å². The molecule has 0 aliphatic heterocycles. The predicted octanol–water partition coefficient (Wildman–Crippen LogP) is 1.57. The molecule has 0 saturated heterocycles. The lowest BCUT2D eigenvalue weighted by molar-refractivity contribution is -0.667. The first-order valence-corrected chi connectivity index (χ1v) is 7.52. The van der Waals surface area contributed by atoms with Gasteiger partial charge in [-0.3, -0.25) is 0 Å². The van der Waals surface area contributed by atoms with Crippen LogP contribution in [0.15, 0.2) is 30.3 Å². The van der Waals surface area contributed by atoms with E-state index in [2.05, 4.69) is 5.32 Å². The van der Waals surface area contributed by atoms with Crippen molar-refractivity contribution in [2.24, 2.45) is 5.92 Å². The Balaban J connectivity index is 1.55.